The van der Waals surface area contributed by atoms with Crippen LogP contribution in [0.4, 0.5) is 0 Å². The summed E-state index contributed by atoms with van der Waals surface area (Å²) in [6.07, 6.45) is 3.97. The number of piperidine rings is 2. The Balaban J connectivity index is 1.46. The minimum absolute atomic E-state index is 0.00250. The summed E-state index contributed by atoms with van der Waals surface area (Å²) in [7, 11) is 0. The van der Waals surface area contributed by atoms with Crippen LogP contribution in [-0.2, 0) is 9.59 Å². The fourth-order valence-electron chi connectivity index (χ4n) is 3.52. The second kappa shape index (κ2) is 7.45. The average molecular weight is 335 g/mol. The van der Waals surface area contributed by atoms with Crippen LogP contribution >= 0.6 is 11.6 Å². The Bertz CT molecular complexity index is 549. The van der Waals surface area contributed by atoms with Gasteiger partial charge in [-0.1, -0.05) is 23.7 Å². The molecule has 2 aliphatic heterocycles. The van der Waals surface area contributed by atoms with E-state index in [4.69, 9.17) is 11.6 Å². The molecule has 2 fully saturated rings. The fraction of sp³-hybridized carbons (Fsp3) is 0.556. The zero-order chi connectivity index (χ0) is 16.2. The van der Waals surface area contributed by atoms with Crippen LogP contribution in [0.15, 0.2) is 24.3 Å². The summed E-state index contributed by atoms with van der Waals surface area (Å²) >= 11 is 5.94. The normalized spacial score (nSPS) is 21.0. The lowest BCUT2D eigenvalue weighted by Gasteiger charge is -2.34. The molecule has 1 aromatic rings. The number of nitrogens with zero attached hydrogens (tertiary/aromatic N) is 2. The number of carbonyl (C=O) groups excluding carboxylic acids is 2. The van der Waals surface area contributed by atoms with Gasteiger partial charge in [-0.3, -0.25) is 14.5 Å². The molecular weight excluding hydrogens is 312 g/mol. The molecule has 0 aromatic heterocycles. The Kier molecular flexibility index (Phi) is 5.34. The number of imide groups is 1. The topological polar surface area (TPSA) is 40.6 Å². The van der Waals surface area contributed by atoms with Gasteiger partial charge in [-0.2, -0.15) is 0 Å². The number of likely N-dealkylation sites (tertiary alicyclic amines) is 2. The lowest BCUT2D eigenvalue weighted by atomic mass is 9.89. The summed E-state index contributed by atoms with van der Waals surface area (Å²) in [5, 5.41) is 0.780. The summed E-state index contributed by atoms with van der Waals surface area (Å²) in [6.45, 7) is 3.38. The molecule has 0 spiro atoms. The van der Waals surface area contributed by atoms with Gasteiger partial charge in [-0.05, 0) is 56.0 Å². The smallest absolute Gasteiger partial charge is 0.229 e. The highest BCUT2D eigenvalue weighted by Gasteiger charge is 2.27. The molecule has 0 unspecified atom stereocenters. The quantitative estimate of drug-likeness (QED) is 0.795. The van der Waals surface area contributed by atoms with Crippen LogP contribution in [0, 0.1) is 0 Å². The Hall–Kier alpha value is -1.39. The molecule has 1 aromatic carbocycles. The molecule has 0 saturated carbocycles. The highest BCUT2D eigenvalue weighted by Crippen LogP contribution is 2.28. The molecular formula is C18H23ClN2O2. The first-order valence-corrected chi connectivity index (χ1v) is 8.82. The van der Waals surface area contributed by atoms with Crippen molar-refractivity contribution in [2.24, 2.45) is 0 Å². The maximum absolute atomic E-state index is 11.8. The lowest BCUT2D eigenvalue weighted by Crippen LogP contribution is -2.45. The highest BCUT2D eigenvalue weighted by atomic mass is 35.5. The SMILES string of the molecule is O=C1CCCC(=O)N1CCN1CCC(c2ccc(Cl)cc2)CC1. The molecule has 0 atom stereocenters. The molecule has 2 amide bonds. The number of benzene rings is 1. The highest BCUT2D eigenvalue weighted by molar-refractivity contribution is 6.30. The first-order chi connectivity index (χ1) is 11.1. The van der Waals surface area contributed by atoms with Crippen LogP contribution < -0.4 is 0 Å². The van der Waals surface area contributed by atoms with E-state index < -0.39 is 0 Å². The van der Waals surface area contributed by atoms with Crippen molar-refractivity contribution in [3.63, 3.8) is 0 Å². The van der Waals surface area contributed by atoms with E-state index in [0.717, 1.165) is 37.5 Å². The largest absolute Gasteiger partial charge is 0.302 e. The van der Waals surface area contributed by atoms with E-state index >= 15 is 0 Å². The van der Waals surface area contributed by atoms with Crippen molar-refractivity contribution in [2.45, 2.75) is 38.0 Å². The number of rotatable bonds is 4. The van der Waals surface area contributed by atoms with Crippen LogP contribution in [0.3, 0.4) is 0 Å². The van der Waals surface area contributed by atoms with Crippen LogP contribution in [0.5, 0.6) is 0 Å². The molecule has 3 rings (SSSR count). The number of hydrogen-bond acceptors (Lipinski definition) is 3. The van der Waals surface area contributed by atoms with Crippen molar-refractivity contribution in [1.82, 2.24) is 9.80 Å². The van der Waals surface area contributed by atoms with Gasteiger partial charge in [-0.25, -0.2) is 0 Å². The number of hydrogen-bond donors (Lipinski definition) is 0. The molecule has 0 radical (unpaired) electrons. The van der Waals surface area contributed by atoms with Crippen molar-refractivity contribution in [3.8, 4) is 0 Å². The summed E-state index contributed by atoms with van der Waals surface area (Å²) in [5.41, 5.74) is 1.36. The standard InChI is InChI=1S/C18H23ClN2O2/c19-16-6-4-14(5-7-16)15-8-10-20(11-9-15)12-13-21-17(22)2-1-3-18(21)23/h4-7,15H,1-3,8-13H2. The lowest BCUT2D eigenvalue weighted by molar-refractivity contribution is -0.148. The molecule has 2 heterocycles. The van der Waals surface area contributed by atoms with E-state index in [-0.39, 0.29) is 11.8 Å². The third kappa shape index (κ3) is 4.12. The Morgan fingerprint density at radius 1 is 0.957 bits per heavy atom. The molecule has 0 N–H and O–H groups in total. The Labute approximate surface area is 142 Å². The zero-order valence-electron chi connectivity index (χ0n) is 13.3. The number of halogens is 1. The number of amides is 2. The van der Waals surface area contributed by atoms with Crippen molar-refractivity contribution < 1.29 is 9.59 Å². The molecule has 2 aliphatic rings. The van der Waals surface area contributed by atoms with Crippen molar-refractivity contribution in [2.75, 3.05) is 26.2 Å². The van der Waals surface area contributed by atoms with Crippen LogP contribution in [0.2, 0.25) is 5.02 Å². The fourth-order valence-corrected chi connectivity index (χ4v) is 3.64. The van der Waals surface area contributed by atoms with Crippen LogP contribution in [0.25, 0.3) is 0 Å². The zero-order valence-corrected chi connectivity index (χ0v) is 14.1. The summed E-state index contributed by atoms with van der Waals surface area (Å²) in [4.78, 5) is 27.5. The van der Waals surface area contributed by atoms with E-state index in [1.807, 2.05) is 12.1 Å². The van der Waals surface area contributed by atoms with Gasteiger partial charge >= 0.3 is 0 Å². The van der Waals surface area contributed by atoms with Crippen molar-refractivity contribution in [3.05, 3.63) is 34.9 Å². The van der Waals surface area contributed by atoms with Gasteiger partial charge in [0.1, 0.15) is 0 Å². The van der Waals surface area contributed by atoms with Gasteiger partial charge in [-0.15, -0.1) is 0 Å². The van der Waals surface area contributed by atoms with Crippen LogP contribution in [-0.4, -0.2) is 47.8 Å². The van der Waals surface area contributed by atoms with Crippen molar-refractivity contribution >= 4 is 23.4 Å². The first-order valence-electron chi connectivity index (χ1n) is 8.44. The molecule has 0 aliphatic carbocycles. The Morgan fingerprint density at radius 3 is 2.17 bits per heavy atom. The van der Waals surface area contributed by atoms with E-state index in [0.29, 0.717) is 31.7 Å². The Morgan fingerprint density at radius 2 is 1.57 bits per heavy atom. The molecule has 0 bridgehead atoms. The molecule has 4 nitrogen and oxygen atoms in total. The van der Waals surface area contributed by atoms with Crippen molar-refractivity contribution in [1.29, 1.82) is 0 Å². The predicted octanol–water partition coefficient (Wildman–Crippen LogP) is 3.06. The van der Waals surface area contributed by atoms with Crippen LogP contribution in [0.1, 0.15) is 43.6 Å². The van der Waals surface area contributed by atoms with Gasteiger partial charge in [0.2, 0.25) is 11.8 Å². The molecule has 23 heavy (non-hydrogen) atoms. The monoisotopic (exact) mass is 334 g/mol. The molecule has 2 saturated heterocycles. The van der Waals surface area contributed by atoms with Gasteiger partial charge in [0.05, 0.1) is 0 Å². The van der Waals surface area contributed by atoms with Gasteiger partial charge < -0.3 is 4.90 Å². The predicted molar refractivity (Wildman–Crippen MR) is 90.4 cm³/mol. The minimum atomic E-state index is -0.00250. The minimum Gasteiger partial charge on any atom is -0.302 e. The second-order valence-electron chi connectivity index (χ2n) is 6.46. The second-order valence-corrected chi connectivity index (χ2v) is 6.90. The maximum Gasteiger partial charge on any atom is 0.229 e. The van der Waals surface area contributed by atoms with E-state index in [1.54, 1.807) is 0 Å². The maximum atomic E-state index is 11.8. The third-order valence-electron chi connectivity index (χ3n) is 4.95. The van der Waals surface area contributed by atoms with E-state index in [2.05, 4.69) is 17.0 Å². The summed E-state index contributed by atoms with van der Waals surface area (Å²) in [5.74, 6) is 0.580. The van der Waals surface area contributed by atoms with Gasteiger partial charge in [0.15, 0.2) is 0 Å². The molecule has 5 heteroatoms. The summed E-state index contributed by atoms with van der Waals surface area (Å²) < 4.78 is 0. The van der Waals surface area contributed by atoms with E-state index in [9.17, 15) is 9.59 Å². The van der Waals surface area contributed by atoms with E-state index in [1.165, 1.54) is 10.5 Å². The third-order valence-corrected chi connectivity index (χ3v) is 5.20. The van der Waals surface area contributed by atoms with Gasteiger partial charge in [0, 0.05) is 31.0 Å². The molecule has 124 valence electrons. The average Bonchev–Trinajstić information content (AvgIpc) is 2.56. The number of carbonyl (C=O) groups is 2. The van der Waals surface area contributed by atoms with Gasteiger partial charge in [0.25, 0.3) is 0 Å². The first kappa shape index (κ1) is 16.5. The summed E-state index contributed by atoms with van der Waals surface area (Å²) in [6, 6.07) is 8.15.